The first kappa shape index (κ1) is 22.6. The lowest BCUT2D eigenvalue weighted by molar-refractivity contribution is -0.118. The molecule has 1 aromatic carbocycles. The molecule has 0 fully saturated rings. The Morgan fingerprint density at radius 3 is 2.77 bits per heavy atom. The quantitative estimate of drug-likeness (QED) is 0.233. The van der Waals surface area contributed by atoms with Crippen molar-refractivity contribution >= 4 is 45.8 Å². The fraction of sp³-hybridized carbons (Fsp3) is 0.435. The Labute approximate surface area is 186 Å². The van der Waals surface area contributed by atoms with Gasteiger partial charge in [-0.25, -0.2) is 4.98 Å². The Morgan fingerprint density at radius 1 is 1.13 bits per heavy atom. The molecule has 0 aliphatic carbocycles. The van der Waals surface area contributed by atoms with Crippen molar-refractivity contribution in [3.63, 3.8) is 0 Å². The lowest BCUT2D eigenvalue weighted by atomic mass is 10.2. The van der Waals surface area contributed by atoms with Gasteiger partial charge in [0.2, 0.25) is 5.91 Å². The van der Waals surface area contributed by atoms with E-state index in [4.69, 9.17) is 4.98 Å². The van der Waals surface area contributed by atoms with Crippen LogP contribution in [0.5, 0.6) is 0 Å². The van der Waals surface area contributed by atoms with Crippen LogP contribution in [0.3, 0.4) is 0 Å². The minimum atomic E-state index is -0.0307. The summed E-state index contributed by atoms with van der Waals surface area (Å²) < 4.78 is 2.26. The topological polar surface area (TPSA) is 64.0 Å². The molecule has 1 amide bonds. The lowest BCUT2D eigenvalue weighted by Gasteiger charge is -2.08. The Hall–Kier alpha value is -2.12. The van der Waals surface area contributed by atoms with E-state index in [9.17, 15) is 9.59 Å². The average Bonchev–Trinajstić information content (AvgIpc) is 3.34. The highest BCUT2D eigenvalue weighted by molar-refractivity contribution is 7.99. The summed E-state index contributed by atoms with van der Waals surface area (Å²) in [5.74, 6) is 0.474. The second-order valence-corrected chi connectivity index (χ2v) is 9.42. The molecule has 30 heavy (non-hydrogen) atoms. The van der Waals surface area contributed by atoms with E-state index in [0.717, 1.165) is 45.3 Å². The molecule has 0 saturated carbocycles. The number of amides is 1. The Kier molecular flexibility index (Phi) is 8.51. The molecule has 2 aromatic heterocycles. The molecular weight excluding hydrogens is 414 g/mol. The van der Waals surface area contributed by atoms with Gasteiger partial charge in [-0.1, -0.05) is 50.1 Å². The van der Waals surface area contributed by atoms with Gasteiger partial charge in [0, 0.05) is 24.9 Å². The first-order valence-corrected chi connectivity index (χ1v) is 12.3. The highest BCUT2D eigenvalue weighted by atomic mass is 32.2. The predicted molar refractivity (Wildman–Crippen MR) is 126 cm³/mol. The summed E-state index contributed by atoms with van der Waals surface area (Å²) in [5.41, 5.74) is 2.12. The van der Waals surface area contributed by atoms with E-state index in [-0.39, 0.29) is 11.7 Å². The number of carbonyl (C=O) groups excluding carboxylic acids is 2. The average molecular weight is 444 g/mol. The molecule has 3 rings (SSSR count). The maximum absolute atomic E-state index is 12.7. The van der Waals surface area contributed by atoms with Crippen LogP contribution in [0.1, 0.15) is 54.1 Å². The van der Waals surface area contributed by atoms with E-state index < -0.39 is 0 Å². The van der Waals surface area contributed by atoms with Gasteiger partial charge in [-0.3, -0.25) is 9.59 Å². The van der Waals surface area contributed by atoms with Gasteiger partial charge >= 0.3 is 0 Å². The van der Waals surface area contributed by atoms with E-state index >= 15 is 0 Å². The van der Waals surface area contributed by atoms with Crippen LogP contribution in [0, 0.1) is 0 Å². The first-order chi connectivity index (χ1) is 14.6. The normalized spacial score (nSPS) is 11.1. The number of unbranched alkanes of at least 4 members (excludes halogenated alkanes) is 3. The number of aryl methyl sites for hydroxylation is 1. The largest absolute Gasteiger partial charge is 0.356 e. The van der Waals surface area contributed by atoms with Crippen molar-refractivity contribution in [1.29, 1.82) is 0 Å². The molecule has 0 spiro atoms. The molecule has 160 valence electrons. The van der Waals surface area contributed by atoms with Gasteiger partial charge < -0.3 is 9.88 Å². The van der Waals surface area contributed by atoms with Crippen molar-refractivity contribution in [3.8, 4) is 0 Å². The van der Waals surface area contributed by atoms with E-state index in [2.05, 4.69) is 22.9 Å². The number of Topliss-reactive ketones (excluding diaryl/α,β-unsaturated/α-hetero) is 1. The fourth-order valence-corrected chi connectivity index (χ4v) is 5.26. The molecule has 0 radical (unpaired) electrons. The van der Waals surface area contributed by atoms with Crippen molar-refractivity contribution < 1.29 is 9.59 Å². The maximum atomic E-state index is 12.7. The summed E-state index contributed by atoms with van der Waals surface area (Å²) in [6.07, 6.45) is 5.55. The zero-order chi connectivity index (χ0) is 21.3. The molecule has 0 saturated heterocycles. The van der Waals surface area contributed by atoms with Crippen LogP contribution in [0.15, 0.2) is 41.6 Å². The zero-order valence-electron chi connectivity index (χ0n) is 17.6. The number of aromatic nitrogens is 2. The first-order valence-electron chi connectivity index (χ1n) is 10.5. The summed E-state index contributed by atoms with van der Waals surface area (Å²) >= 11 is 3.04. The number of nitrogens with one attached hydrogen (secondary N) is 1. The minimum Gasteiger partial charge on any atom is -0.356 e. The number of rotatable bonds is 12. The number of ketones is 1. The van der Waals surface area contributed by atoms with Crippen molar-refractivity contribution in [2.75, 3.05) is 12.3 Å². The van der Waals surface area contributed by atoms with Crippen LogP contribution in [0.25, 0.3) is 11.0 Å². The zero-order valence-corrected chi connectivity index (χ0v) is 19.3. The molecule has 0 bridgehead atoms. The summed E-state index contributed by atoms with van der Waals surface area (Å²) in [7, 11) is 0. The molecular formula is C23H29N3O2S2. The number of imidazole rings is 1. The molecule has 2 heterocycles. The third-order valence-electron chi connectivity index (χ3n) is 4.87. The summed E-state index contributed by atoms with van der Waals surface area (Å²) in [6.45, 7) is 5.26. The third-order valence-corrected chi connectivity index (χ3v) is 7.03. The molecule has 0 aliphatic rings. The highest BCUT2D eigenvalue weighted by Gasteiger charge is 2.15. The number of thioether (sulfide) groups is 1. The minimum absolute atomic E-state index is 0.0307. The summed E-state index contributed by atoms with van der Waals surface area (Å²) in [6, 6.07) is 12.1. The van der Waals surface area contributed by atoms with Crippen LogP contribution in [0.4, 0.5) is 0 Å². The second kappa shape index (κ2) is 11.3. The van der Waals surface area contributed by atoms with Crippen LogP contribution in [0.2, 0.25) is 0 Å². The number of thiophene rings is 1. The fourth-order valence-electron chi connectivity index (χ4n) is 3.30. The Morgan fingerprint density at radius 2 is 1.97 bits per heavy atom. The van der Waals surface area contributed by atoms with Crippen LogP contribution < -0.4 is 5.32 Å². The lowest BCUT2D eigenvalue weighted by Crippen LogP contribution is -2.22. The van der Waals surface area contributed by atoms with Gasteiger partial charge in [-0.15, -0.1) is 11.3 Å². The van der Waals surface area contributed by atoms with Gasteiger partial charge in [-0.2, -0.15) is 0 Å². The molecule has 5 nitrogen and oxygen atoms in total. The van der Waals surface area contributed by atoms with Gasteiger partial charge in [0.1, 0.15) is 0 Å². The number of hydrogen-bond donors (Lipinski definition) is 1. The monoisotopic (exact) mass is 443 g/mol. The molecule has 0 unspecified atom stereocenters. The van der Waals surface area contributed by atoms with Crippen LogP contribution in [-0.4, -0.2) is 33.5 Å². The number of hydrogen-bond acceptors (Lipinski definition) is 5. The predicted octanol–water partition coefficient (Wildman–Crippen LogP) is 5.33. The number of fused-ring (bicyclic) bond motifs is 1. The molecule has 0 atom stereocenters. The maximum Gasteiger partial charge on any atom is 0.216 e. The van der Waals surface area contributed by atoms with E-state index in [0.29, 0.717) is 12.3 Å². The van der Waals surface area contributed by atoms with Gasteiger partial charge in [-0.05, 0) is 37.1 Å². The molecule has 1 N–H and O–H groups in total. The smallest absolute Gasteiger partial charge is 0.216 e. The van der Waals surface area contributed by atoms with E-state index in [1.54, 1.807) is 0 Å². The number of para-hydroxylation sites is 2. The molecule has 3 aromatic rings. The standard InChI is InChI=1S/C23H29N3O2S2/c1-3-4-5-8-15-26-20-10-7-6-9-19(20)25-23(26)29-16-21(28)22-12-11-18(30-22)13-14-24-17(2)27/h6-7,9-12H,3-5,8,13-16H2,1-2H3,(H,24,27). The van der Waals surface area contributed by atoms with Crippen molar-refractivity contribution in [3.05, 3.63) is 46.2 Å². The Bertz CT molecular complexity index is 993. The van der Waals surface area contributed by atoms with Crippen molar-refractivity contribution in [2.45, 2.75) is 57.7 Å². The van der Waals surface area contributed by atoms with E-state index in [1.165, 1.54) is 49.3 Å². The van der Waals surface area contributed by atoms with Crippen LogP contribution >= 0.6 is 23.1 Å². The molecule has 0 aliphatic heterocycles. The van der Waals surface area contributed by atoms with Crippen molar-refractivity contribution in [1.82, 2.24) is 14.9 Å². The SMILES string of the molecule is CCCCCCn1c(SCC(=O)c2ccc(CCNC(C)=O)s2)nc2ccccc21. The second-order valence-electron chi connectivity index (χ2n) is 7.31. The molecule has 7 heteroatoms. The van der Waals surface area contributed by atoms with E-state index in [1.807, 2.05) is 30.3 Å². The number of carbonyl (C=O) groups is 2. The third kappa shape index (κ3) is 6.19. The summed E-state index contributed by atoms with van der Waals surface area (Å²) in [5, 5.41) is 3.71. The van der Waals surface area contributed by atoms with Crippen LogP contribution in [-0.2, 0) is 17.8 Å². The number of nitrogens with zero attached hydrogens (tertiary/aromatic N) is 2. The van der Waals surface area contributed by atoms with Gasteiger partial charge in [0.05, 0.1) is 21.7 Å². The van der Waals surface area contributed by atoms with Gasteiger partial charge in [0.15, 0.2) is 10.9 Å². The number of benzene rings is 1. The highest BCUT2D eigenvalue weighted by Crippen LogP contribution is 2.27. The van der Waals surface area contributed by atoms with Gasteiger partial charge in [0.25, 0.3) is 0 Å². The summed E-state index contributed by atoms with van der Waals surface area (Å²) in [4.78, 5) is 30.4. The Balaban J connectivity index is 1.62. The van der Waals surface area contributed by atoms with Crippen molar-refractivity contribution in [2.24, 2.45) is 0 Å².